The molecule has 2 aliphatic rings. The number of oxazole rings is 1. The Hall–Kier alpha value is -2.88. The summed E-state index contributed by atoms with van der Waals surface area (Å²) in [4.78, 5) is 35.0. The van der Waals surface area contributed by atoms with Gasteiger partial charge in [0.05, 0.1) is 24.2 Å². The minimum absolute atomic E-state index is 0.0127. The van der Waals surface area contributed by atoms with Crippen molar-refractivity contribution in [2.24, 2.45) is 4.99 Å². The second kappa shape index (κ2) is 7.51. The van der Waals surface area contributed by atoms with Gasteiger partial charge in [-0.05, 0) is 32.0 Å². The average molecular weight is 409 g/mol. The van der Waals surface area contributed by atoms with Gasteiger partial charge in [-0.3, -0.25) is 14.6 Å². The second-order valence-corrected chi connectivity index (χ2v) is 6.85. The number of aliphatic imine (C=N–C) groups is 1. The molecule has 1 aliphatic carbocycles. The molecular weight excluding hydrogens is 394 g/mol. The van der Waals surface area contributed by atoms with Gasteiger partial charge in [-0.15, -0.1) is 0 Å². The number of hydrogen-bond donors (Lipinski definition) is 0. The van der Waals surface area contributed by atoms with E-state index in [2.05, 4.69) is 14.9 Å². The molecule has 0 amide bonds. The number of rotatable bonds is 4. The Bertz CT molecular complexity index is 1040. The first-order valence-electron chi connectivity index (χ1n) is 9.04. The van der Waals surface area contributed by atoms with Crippen molar-refractivity contribution in [3.63, 3.8) is 0 Å². The van der Waals surface area contributed by atoms with Crippen LogP contribution < -0.4 is 0 Å². The molecule has 10 heteroatoms. The van der Waals surface area contributed by atoms with E-state index in [1.54, 1.807) is 0 Å². The molecule has 0 atom stereocenters. The lowest BCUT2D eigenvalue weighted by atomic mass is 9.97. The number of nitrogens with zero attached hydrogens (tertiary/aromatic N) is 3. The summed E-state index contributed by atoms with van der Waals surface area (Å²) in [5.41, 5.74) is -1.21. The number of benzene rings is 1. The predicted octanol–water partition coefficient (Wildman–Crippen LogP) is 3.20. The third-order valence-corrected chi connectivity index (χ3v) is 4.94. The van der Waals surface area contributed by atoms with Crippen molar-refractivity contribution >= 4 is 17.3 Å². The van der Waals surface area contributed by atoms with Crippen molar-refractivity contribution in [3.8, 4) is 11.5 Å². The van der Waals surface area contributed by atoms with E-state index in [0.717, 1.165) is 25.9 Å². The molecule has 152 valence electrons. The summed E-state index contributed by atoms with van der Waals surface area (Å²) >= 11 is 0. The maximum absolute atomic E-state index is 14.0. The standard InChI is InChI=1S/C19H15F4N3O3/c20-10-7-9(13(21)15(23)14(10)22)19-25-16-12(27)8-11(17(28)18(16)29-19)24-3-6-26-4-1-2-5-26/h7H,1-6,8H2. The quantitative estimate of drug-likeness (QED) is 0.440. The molecule has 1 fully saturated rings. The number of halogens is 4. The summed E-state index contributed by atoms with van der Waals surface area (Å²) in [6, 6.07) is 0.352. The van der Waals surface area contributed by atoms with Crippen LogP contribution in [0.25, 0.3) is 11.5 Å². The van der Waals surface area contributed by atoms with Crippen molar-refractivity contribution < 1.29 is 31.6 Å². The van der Waals surface area contributed by atoms with Gasteiger partial charge in [0.25, 0.3) is 0 Å². The van der Waals surface area contributed by atoms with Gasteiger partial charge < -0.3 is 9.32 Å². The fourth-order valence-electron chi connectivity index (χ4n) is 3.41. The molecule has 6 nitrogen and oxygen atoms in total. The Morgan fingerprint density at radius 1 is 1.07 bits per heavy atom. The molecule has 0 saturated carbocycles. The highest BCUT2D eigenvalue weighted by Crippen LogP contribution is 2.31. The van der Waals surface area contributed by atoms with E-state index in [-0.39, 0.29) is 17.8 Å². The van der Waals surface area contributed by atoms with Gasteiger partial charge in [-0.1, -0.05) is 0 Å². The largest absolute Gasteiger partial charge is 0.432 e. The molecule has 1 aromatic heterocycles. The van der Waals surface area contributed by atoms with E-state index in [0.29, 0.717) is 19.2 Å². The number of Topliss-reactive ketones (excluding diaryl/α,β-unsaturated/α-hetero) is 2. The lowest BCUT2D eigenvalue weighted by molar-refractivity contribution is 0.0949. The van der Waals surface area contributed by atoms with E-state index in [4.69, 9.17) is 4.42 Å². The molecule has 2 heterocycles. The van der Waals surface area contributed by atoms with Gasteiger partial charge in [0.2, 0.25) is 17.4 Å². The third-order valence-electron chi connectivity index (χ3n) is 4.94. The Morgan fingerprint density at radius 2 is 1.79 bits per heavy atom. The molecule has 0 bridgehead atoms. The van der Waals surface area contributed by atoms with Crippen LogP contribution in [0.4, 0.5) is 17.6 Å². The number of likely N-dealkylation sites (tertiary alicyclic amines) is 1. The van der Waals surface area contributed by atoms with Gasteiger partial charge in [0, 0.05) is 6.54 Å². The molecule has 1 saturated heterocycles. The summed E-state index contributed by atoms with van der Waals surface area (Å²) in [7, 11) is 0. The molecule has 29 heavy (non-hydrogen) atoms. The van der Waals surface area contributed by atoms with Crippen molar-refractivity contribution in [2.75, 3.05) is 26.2 Å². The van der Waals surface area contributed by atoms with Gasteiger partial charge in [0.1, 0.15) is 0 Å². The number of carbonyl (C=O) groups is 2. The van der Waals surface area contributed by atoms with E-state index < -0.39 is 52.0 Å². The molecule has 1 aliphatic heterocycles. The Morgan fingerprint density at radius 3 is 2.52 bits per heavy atom. The van der Waals surface area contributed by atoms with Crippen LogP contribution in [0.1, 0.15) is 40.3 Å². The Balaban J connectivity index is 1.63. The van der Waals surface area contributed by atoms with Crippen LogP contribution in [0.15, 0.2) is 15.5 Å². The summed E-state index contributed by atoms with van der Waals surface area (Å²) in [6.45, 7) is 2.90. The molecule has 1 aromatic carbocycles. The van der Waals surface area contributed by atoms with Crippen LogP contribution >= 0.6 is 0 Å². The van der Waals surface area contributed by atoms with Gasteiger partial charge in [-0.25, -0.2) is 22.5 Å². The minimum atomic E-state index is -2.04. The zero-order chi connectivity index (χ0) is 20.7. The SMILES string of the molecule is O=C1CC(=NCCN2CCCC2)C(=O)c2oc(-c3cc(F)c(F)c(F)c3F)nc21. The van der Waals surface area contributed by atoms with Crippen LogP contribution in [0, 0.1) is 23.3 Å². The summed E-state index contributed by atoms with van der Waals surface area (Å²) in [5, 5.41) is 0. The van der Waals surface area contributed by atoms with Crippen LogP contribution in [0.5, 0.6) is 0 Å². The molecule has 4 rings (SSSR count). The zero-order valence-corrected chi connectivity index (χ0v) is 15.1. The maximum atomic E-state index is 14.0. The molecule has 0 unspecified atom stereocenters. The highest BCUT2D eigenvalue weighted by Gasteiger charge is 2.36. The Kier molecular flexibility index (Phi) is 5.03. The smallest absolute Gasteiger partial charge is 0.244 e. The number of ketones is 2. The molecule has 0 N–H and O–H groups in total. The van der Waals surface area contributed by atoms with Crippen LogP contribution in [0.2, 0.25) is 0 Å². The molecule has 0 radical (unpaired) electrons. The van der Waals surface area contributed by atoms with Crippen LogP contribution in [-0.2, 0) is 0 Å². The summed E-state index contributed by atoms with van der Waals surface area (Å²) < 4.78 is 59.2. The lowest BCUT2D eigenvalue weighted by Gasteiger charge is -2.13. The van der Waals surface area contributed by atoms with Gasteiger partial charge >= 0.3 is 0 Å². The topological polar surface area (TPSA) is 75.8 Å². The first-order valence-corrected chi connectivity index (χ1v) is 9.04. The Labute approximate surface area is 162 Å². The zero-order valence-electron chi connectivity index (χ0n) is 15.1. The number of fused-ring (bicyclic) bond motifs is 1. The van der Waals surface area contributed by atoms with Crippen molar-refractivity contribution in [1.82, 2.24) is 9.88 Å². The average Bonchev–Trinajstić information content (AvgIpc) is 3.37. The fourth-order valence-corrected chi connectivity index (χ4v) is 3.41. The van der Waals surface area contributed by atoms with Crippen LogP contribution in [-0.4, -0.2) is 53.3 Å². The maximum Gasteiger partial charge on any atom is 0.244 e. The van der Waals surface area contributed by atoms with Gasteiger partial charge in [-0.2, -0.15) is 0 Å². The summed E-state index contributed by atoms with van der Waals surface area (Å²) in [6.07, 6.45) is 1.92. The van der Waals surface area contributed by atoms with Gasteiger partial charge in [0.15, 0.2) is 34.7 Å². The number of carbonyl (C=O) groups excluding carboxylic acids is 2. The monoisotopic (exact) mass is 409 g/mol. The lowest BCUT2D eigenvalue weighted by Crippen LogP contribution is -2.28. The molecular formula is C19H15F4N3O3. The predicted molar refractivity (Wildman–Crippen MR) is 93.0 cm³/mol. The molecule has 2 aromatic rings. The highest BCUT2D eigenvalue weighted by atomic mass is 19.2. The normalized spacial score (nSPS) is 18.7. The van der Waals surface area contributed by atoms with Crippen molar-refractivity contribution in [1.29, 1.82) is 0 Å². The first kappa shape index (κ1) is 19.4. The fraction of sp³-hybridized carbons (Fsp3) is 0.368. The second-order valence-electron chi connectivity index (χ2n) is 6.85. The third kappa shape index (κ3) is 3.48. The number of aromatic nitrogens is 1. The highest BCUT2D eigenvalue weighted by molar-refractivity contribution is 6.51. The van der Waals surface area contributed by atoms with E-state index in [1.807, 2.05) is 0 Å². The number of hydrogen-bond acceptors (Lipinski definition) is 6. The van der Waals surface area contributed by atoms with E-state index in [1.165, 1.54) is 0 Å². The minimum Gasteiger partial charge on any atom is -0.432 e. The van der Waals surface area contributed by atoms with Crippen LogP contribution in [0.3, 0.4) is 0 Å². The van der Waals surface area contributed by atoms with Crippen molar-refractivity contribution in [3.05, 3.63) is 40.8 Å². The van der Waals surface area contributed by atoms with E-state index >= 15 is 0 Å². The summed E-state index contributed by atoms with van der Waals surface area (Å²) in [5.74, 6) is -9.86. The van der Waals surface area contributed by atoms with E-state index in [9.17, 15) is 27.2 Å². The molecule has 0 spiro atoms. The first-order chi connectivity index (χ1) is 13.9. The van der Waals surface area contributed by atoms with Crippen molar-refractivity contribution in [2.45, 2.75) is 19.3 Å².